The molecule has 0 radical (unpaired) electrons. The lowest BCUT2D eigenvalue weighted by Crippen LogP contribution is -2.46. The summed E-state index contributed by atoms with van der Waals surface area (Å²) in [5.41, 5.74) is 1.43. The Morgan fingerprint density at radius 2 is 2.24 bits per heavy atom. The number of aryl methyl sites for hydroxylation is 2. The minimum atomic E-state index is 0.196. The van der Waals surface area contributed by atoms with Crippen LogP contribution >= 0.6 is 0 Å². The van der Waals surface area contributed by atoms with Crippen LogP contribution < -0.4 is 0 Å². The van der Waals surface area contributed by atoms with Crippen molar-refractivity contribution in [2.45, 2.75) is 52.0 Å². The van der Waals surface area contributed by atoms with Crippen molar-refractivity contribution >= 4 is 0 Å². The summed E-state index contributed by atoms with van der Waals surface area (Å²) >= 11 is 0. The van der Waals surface area contributed by atoms with Crippen molar-refractivity contribution in [2.75, 3.05) is 26.2 Å². The van der Waals surface area contributed by atoms with Gasteiger partial charge in [-0.1, -0.05) is 12.8 Å². The van der Waals surface area contributed by atoms with Crippen LogP contribution in [0.4, 0.5) is 0 Å². The van der Waals surface area contributed by atoms with E-state index in [9.17, 15) is 5.11 Å². The molecule has 2 aliphatic rings. The number of rotatable bonds is 7. The summed E-state index contributed by atoms with van der Waals surface area (Å²) < 4.78 is 2.04. The number of nitrogens with zero attached hydrogens (tertiary/aromatic N) is 3. The number of hydrogen-bond acceptors (Lipinski definition) is 3. The van der Waals surface area contributed by atoms with Crippen molar-refractivity contribution in [3.63, 3.8) is 0 Å². The van der Waals surface area contributed by atoms with Crippen LogP contribution in [0, 0.1) is 18.3 Å². The van der Waals surface area contributed by atoms with Gasteiger partial charge in [0.1, 0.15) is 0 Å². The van der Waals surface area contributed by atoms with Crippen LogP contribution in [0.5, 0.6) is 0 Å². The van der Waals surface area contributed by atoms with E-state index in [0.717, 1.165) is 32.0 Å². The van der Waals surface area contributed by atoms with E-state index in [1.807, 2.05) is 10.9 Å². The molecule has 2 heterocycles. The lowest BCUT2D eigenvalue weighted by molar-refractivity contribution is 0.0205. The van der Waals surface area contributed by atoms with Gasteiger partial charge in [-0.25, -0.2) is 0 Å². The second-order valence-electron chi connectivity index (χ2n) is 7.32. The SMILES string of the molecule is Cc1cnn(CCCN2CCC[C@@](CO)(CC3CC3)C2)c1. The van der Waals surface area contributed by atoms with Gasteiger partial charge in [-0.3, -0.25) is 4.68 Å². The standard InChI is InChI=1S/C17H29N3O/c1-15-11-18-20(12-15)9-3-8-19-7-2-6-17(13-19,14-21)10-16-4-5-16/h11-12,16,21H,2-10,13-14H2,1H3/t17-/m1/s1. The first-order chi connectivity index (χ1) is 10.2. The summed E-state index contributed by atoms with van der Waals surface area (Å²) in [4.78, 5) is 2.57. The van der Waals surface area contributed by atoms with Gasteiger partial charge in [0, 0.05) is 31.3 Å². The van der Waals surface area contributed by atoms with Gasteiger partial charge in [0.2, 0.25) is 0 Å². The zero-order chi connectivity index (χ0) is 14.7. The number of aromatic nitrogens is 2. The molecular weight excluding hydrogens is 262 g/mol. The highest BCUT2D eigenvalue weighted by molar-refractivity contribution is 4.99. The smallest absolute Gasteiger partial charge is 0.0518 e. The Balaban J connectivity index is 1.46. The molecule has 3 rings (SSSR count). The molecule has 118 valence electrons. The Morgan fingerprint density at radius 3 is 2.90 bits per heavy atom. The van der Waals surface area contributed by atoms with E-state index in [0.29, 0.717) is 6.61 Å². The van der Waals surface area contributed by atoms with Gasteiger partial charge in [0.15, 0.2) is 0 Å². The van der Waals surface area contributed by atoms with Crippen LogP contribution in [-0.4, -0.2) is 46.0 Å². The highest BCUT2D eigenvalue weighted by Crippen LogP contribution is 2.44. The molecule has 1 N–H and O–H groups in total. The Bertz CT molecular complexity index is 455. The molecule has 0 spiro atoms. The van der Waals surface area contributed by atoms with E-state index in [4.69, 9.17) is 0 Å². The van der Waals surface area contributed by atoms with E-state index in [2.05, 4.69) is 23.1 Å². The van der Waals surface area contributed by atoms with Gasteiger partial charge < -0.3 is 10.0 Å². The normalized spacial score (nSPS) is 27.1. The number of likely N-dealkylation sites (tertiary alicyclic amines) is 1. The molecule has 0 aromatic carbocycles. The van der Waals surface area contributed by atoms with Crippen LogP contribution in [0.1, 0.15) is 44.1 Å². The quantitative estimate of drug-likeness (QED) is 0.839. The minimum absolute atomic E-state index is 0.196. The summed E-state index contributed by atoms with van der Waals surface area (Å²) in [6.45, 7) is 6.88. The van der Waals surface area contributed by atoms with Crippen LogP contribution in [-0.2, 0) is 6.54 Å². The van der Waals surface area contributed by atoms with Crippen LogP contribution in [0.2, 0.25) is 0 Å². The zero-order valence-corrected chi connectivity index (χ0v) is 13.3. The Morgan fingerprint density at radius 1 is 1.38 bits per heavy atom. The fourth-order valence-corrected chi connectivity index (χ4v) is 3.84. The Kier molecular flexibility index (Phi) is 4.65. The van der Waals surface area contributed by atoms with Crippen molar-refractivity contribution in [3.8, 4) is 0 Å². The van der Waals surface area contributed by atoms with Crippen molar-refractivity contribution in [1.29, 1.82) is 0 Å². The van der Waals surface area contributed by atoms with E-state index in [1.165, 1.54) is 44.2 Å². The average molecular weight is 291 g/mol. The van der Waals surface area contributed by atoms with E-state index in [1.54, 1.807) is 0 Å². The fourth-order valence-electron chi connectivity index (χ4n) is 3.84. The minimum Gasteiger partial charge on any atom is -0.396 e. The molecule has 1 saturated carbocycles. The summed E-state index contributed by atoms with van der Waals surface area (Å²) in [7, 11) is 0. The fraction of sp³-hybridized carbons (Fsp3) is 0.824. The first-order valence-electron chi connectivity index (χ1n) is 8.51. The van der Waals surface area contributed by atoms with E-state index >= 15 is 0 Å². The molecule has 1 aliphatic carbocycles. The molecule has 4 nitrogen and oxygen atoms in total. The summed E-state index contributed by atoms with van der Waals surface area (Å²) in [5, 5.41) is 14.3. The maximum atomic E-state index is 9.90. The molecule has 1 aromatic heterocycles. The van der Waals surface area contributed by atoms with E-state index < -0.39 is 0 Å². The lowest BCUT2D eigenvalue weighted by atomic mass is 9.76. The first-order valence-corrected chi connectivity index (χ1v) is 8.51. The highest BCUT2D eigenvalue weighted by atomic mass is 16.3. The molecule has 21 heavy (non-hydrogen) atoms. The predicted octanol–water partition coefficient (Wildman–Crippen LogP) is 2.46. The molecule has 1 aromatic rings. The monoisotopic (exact) mass is 291 g/mol. The summed E-state index contributed by atoms with van der Waals surface area (Å²) in [6.07, 6.45) is 11.7. The summed E-state index contributed by atoms with van der Waals surface area (Å²) in [5.74, 6) is 0.907. The molecule has 0 amide bonds. The number of aliphatic hydroxyl groups is 1. The molecule has 1 atom stereocenters. The van der Waals surface area contributed by atoms with Gasteiger partial charge in [0.25, 0.3) is 0 Å². The molecule has 0 unspecified atom stereocenters. The van der Waals surface area contributed by atoms with Crippen molar-refractivity contribution in [1.82, 2.24) is 14.7 Å². The van der Waals surface area contributed by atoms with Gasteiger partial charge in [0.05, 0.1) is 6.20 Å². The average Bonchev–Trinajstić information content (AvgIpc) is 3.19. The highest BCUT2D eigenvalue weighted by Gasteiger charge is 2.39. The van der Waals surface area contributed by atoms with Crippen molar-refractivity contribution in [2.24, 2.45) is 11.3 Å². The van der Waals surface area contributed by atoms with Crippen LogP contribution in [0.15, 0.2) is 12.4 Å². The van der Waals surface area contributed by atoms with Crippen molar-refractivity contribution < 1.29 is 5.11 Å². The number of aliphatic hydroxyl groups excluding tert-OH is 1. The third kappa shape index (κ3) is 4.07. The van der Waals surface area contributed by atoms with Gasteiger partial charge in [-0.05, 0) is 57.2 Å². The lowest BCUT2D eigenvalue weighted by Gasteiger charge is -2.42. The predicted molar refractivity (Wildman–Crippen MR) is 84.1 cm³/mol. The topological polar surface area (TPSA) is 41.3 Å². The Hall–Kier alpha value is -0.870. The maximum absolute atomic E-state index is 9.90. The van der Waals surface area contributed by atoms with E-state index in [-0.39, 0.29) is 5.41 Å². The third-order valence-corrected chi connectivity index (χ3v) is 5.12. The maximum Gasteiger partial charge on any atom is 0.0518 e. The van der Waals surface area contributed by atoms with Crippen LogP contribution in [0.25, 0.3) is 0 Å². The number of hydrogen-bond donors (Lipinski definition) is 1. The molecule has 4 heteroatoms. The second kappa shape index (κ2) is 6.49. The van der Waals surface area contributed by atoms with Gasteiger partial charge in [-0.15, -0.1) is 0 Å². The molecule has 1 aliphatic heterocycles. The van der Waals surface area contributed by atoms with Crippen molar-refractivity contribution in [3.05, 3.63) is 18.0 Å². The summed E-state index contributed by atoms with van der Waals surface area (Å²) in [6, 6.07) is 0. The van der Waals surface area contributed by atoms with Gasteiger partial charge >= 0.3 is 0 Å². The van der Waals surface area contributed by atoms with Gasteiger partial charge in [-0.2, -0.15) is 5.10 Å². The Labute approximate surface area is 128 Å². The van der Waals surface area contributed by atoms with Crippen LogP contribution in [0.3, 0.4) is 0 Å². The first kappa shape index (κ1) is 15.0. The third-order valence-electron chi connectivity index (χ3n) is 5.12. The number of piperidine rings is 1. The largest absolute Gasteiger partial charge is 0.396 e. The molecule has 0 bridgehead atoms. The molecule has 2 fully saturated rings. The molecule has 1 saturated heterocycles. The second-order valence-corrected chi connectivity index (χ2v) is 7.32. The molecular formula is C17H29N3O. The zero-order valence-electron chi connectivity index (χ0n) is 13.3.